The summed E-state index contributed by atoms with van der Waals surface area (Å²) in [7, 11) is 0. The van der Waals surface area contributed by atoms with Crippen LogP contribution in [0.25, 0.3) is 0 Å². The molecule has 2 rings (SSSR count). The summed E-state index contributed by atoms with van der Waals surface area (Å²) in [6, 6.07) is 2.09. The number of hydrogen-bond acceptors (Lipinski definition) is 2. The topological polar surface area (TPSA) is 48.1 Å². The Kier molecular flexibility index (Phi) is 3.21. The molecule has 1 aliphatic rings. The van der Waals surface area contributed by atoms with Crippen molar-refractivity contribution in [2.75, 3.05) is 13.1 Å². The van der Waals surface area contributed by atoms with E-state index in [-0.39, 0.29) is 18.0 Å². The van der Waals surface area contributed by atoms with E-state index in [0.29, 0.717) is 10.7 Å². The minimum absolute atomic E-state index is 0.0217. The van der Waals surface area contributed by atoms with Crippen LogP contribution >= 0.6 is 11.6 Å². The fourth-order valence-electron chi connectivity index (χ4n) is 2.16. The number of hydrogen-bond donors (Lipinski definition) is 2. The number of piperazine rings is 1. The second-order valence-electron chi connectivity index (χ2n) is 4.30. The molecule has 2 N–H and O–H groups in total. The summed E-state index contributed by atoms with van der Waals surface area (Å²) in [6.45, 7) is 5.77. The van der Waals surface area contributed by atoms with Crippen LogP contribution in [-0.2, 0) is 0 Å². The molecule has 2 atom stereocenters. The van der Waals surface area contributed by atoms with E-state index in [2.05, 4.69) is 10.3 Å². The SMILES string of the molecule is CC1CNCC(C)N1C(=O)c1cc(Cl)c[nH]1. The van der Waals surface area contributed by atoms with Crippen LogP contribution < -0.4 is 5.32 Å². The lowest BCUT2D eigenvalue weighted by atomic mass is 10.1. The Labute approximate surface area is 100.0 Å². The van der Waals surface area contributed by atoms with Crippen molar-refractivity contribution in [3.05, 3.63) is 23.0 Å². The highest BCUT2D eigenvalue weighted by Gasteiger charge is 2.29. The molecule has 2 unspecified atom stereocenters. The van der Waals surface area contributed by atoms with Gasteiger partial charge in [-0.2, -0.15) is 0 Å². The van der Waals surface area contributed by atoms with Gasteiger partial charge in [0.25, 0.3) is 5.91 Å². The number of H-pyrrole nitrogens is 1. The molecular weight excluding hydrogens is 226 g/mol. The number of rotatable bonds is 1. The molecule has 1 saturated heterocycles. The van der Waals surface area contributed by atoms with Gasteiger partial charge < -0.3 is 15.2 Å². The van der Waals surface area contributed by atoms with Gasteiger partial charge in [-0.3, -0.25) is 4.79 Å². The summed E-state index contributed by atoms with van der Waals surface area (Å²) in [5, 5.41) is 3.86. The molecule has 0 spiro atoms. The van der Waals surface area contributed by atoms with Crippen molar-refractivity contribution in [3.8, 4) is 0 Å². The van der Waals surface area contributed by atoms with Crippen LogP contribution in [0.4, 0.5) is 0 Å². The Balaban J connectivity index is 2.19. The molecule has 1 fully saturated rings. The van der Waals surface area contributed by atoms with Crippen LogP contribution in [0.5, 0.6) is 0 Å². The van der Waals surface area contributed by atoms with Gasteiger partial charge in [-0.25, -0.2) is 0 Å². The third-order valence-corrected chi connectivity index (χ3v) is 3.16. The number of halogens is 1. The molecule has 5 heteroatoms. The van der Waals surface area contributed by atoms with Crippen molar-refractivity contribution < 1.29 is 4.79 Å². The Morgan fingerprint density at radius 1 is 1.44 bits per heavy atom. The summed E-state index contributed by atoms with van der Waals surface area (Å²) in [5.41, 5.74) is 0.561. The van der Waals surface area contributed by atoms with Crippen molar-refractivity contribution in [3.63, 3.8) is 0 Å². The van der Waals surface area contributed by atoms with Gasteiger partial charge >= 0.3 is 0 Å². The average Bonchev–Trinajstić information content (AvgIpc) is 2.64. The van der Waals surface area contributed by atoms with E-state index in [1.165, 1.54) is 0 Å². The number of carbonyl (C=O) groups excluding carboxylic acids is 1. The molecule has 0 saturated carbocycles. The van der Waals surface area contributed by atoms with Crippen LogP contribution in [0.15, 0.2) is 12.3 Å². The Morgan fingerprint density at radius 3 is 2.56 bits per heavy atom. The molecule has 88 valence electrons. The maximum atomic E-state index is 12.2. The van der Waals surface area contributed by atoms with Gasteiger partial charge in [-0.05, 0) is 19.9 Å². The van der Waals surface area contributed by atoms with Gasteiger partial charge in [0.05, 0.1) is 5.02 Å². The molecule has 2 heterocycles. The fourth-order valence-corrected chi connectivity index (χ4v) is 2.33. The first-order valence-electron chi connectivity index (χ1n) is 5.47. The lowest BCUT2D eigenvalue weighted by molar-refractivity contribution is 0.0539. The van der Waals surface area contributed by atoms with Gasteiger partial charge in [0.1, 0.15) is 5.69 Å². The third-order valence-electron chi connectivity index (χ3n) is 2.94. The maximum absolute atomic E-state index is 12.2. The summed E-state index contributed by atoms with van der Waals surface area (Å²) in [5.74, 6) is 0.0217. The third kappa shape index (κ3) is 2.08. The molecule has 0 aliphatic carbocycles. The fraction of sp³-hybridized carbons (Fsp3) is 0.545. The highest BCUT2D eigenvalue weighted by atomic mass is 35.5. The van der Waals surface area contributed by atoms with E-state index < -0.39 is 0 Å². The molecule has 0 aromatic carbocycles. The van der Waals surface area contributed by atoms with Crippen molar-refractivity contribution >= 4 is 17.5 Å². The van der Waals surface area contributed by atoms with Gasteiger partial charge in [-0.1, -0.05) is 11.6 Å². The molecule has 1 amide bonds. The average molecular weight is 242 g/mol. The normalized spacial score (nSPS) is 25.8. The first-order valence-corrected chi connectivity index (χ1v) is 5.84. The Morgan fingerprint density at radius 2 is 2.06 bits per heavy atom. The molecule has 4 nitrogen and oxygen atoms in total. The Bertz CT molecular complexity index is 380. The predicted molar refractivity (Wildman–Crippen MR) is 63.8 cm³/mol. The van der Waals surface area contributed by atoms with Crippen molar-refractivity contribution in [2.45, 2.75) is 25.9 Å². The summed E-state index contributed by atoms with van der Waals surface area (Å²) in [6.07, 6.45) is 1.63. The van der Waals surface area contributed by atoms with Crippen LogP contribution in [0.2, 0.25) is 5.02 Å². The van der Waals surface area contributed by atoms with Crippen LogP contribution in [-0.4, -0.2) is 41.0 Å². The molecular formula is C11H16ClN3O. The quantitative estimate of drug-likeness (QED) is 0.783. The van der Waals surface area contributed by atoms with Gasteiger partial charge in [0.15, 0.2) is 0 Å². The van der Waals surface area contributed by atoms with E-state index in [1.807, 2.05) is 18.7 Å². The second kappa shape index (κ2) is 4.47. The van der Waals surface area contributed by atoms with Crippen LogP contribution in [0.3, 0.4) is 0 Å². The van der Waals surface area contributed by atoms with Crippen molar-refractivity contribution in [1.82, 2.24) is 15.2 Å². The van der Waals surface area contributed by atoms with Gasteiger partial charge in [0.2, 0.25) is 0 Å². The lowest BCUT2D eigenvalue weighted by Gasteiger charge is -2.39. The number of amides is 1. The highest BCUT2D eigenvalue weighted by molar-refractivity contribution is 6.30. The first kappa shape index (κ1) is 11.5. The molecule has 1 aromatic rings. The highest BCUT2D eigenvalue weighted by Crippen LogP contribution is 2.16. The molecule has 0 radical (unpaired) electrons. The van der Waals surface area contributed by atoms with E-state index in [4.69, 9.17) is 11.6 Å². The number of aromatic amines is 1. The second-order valence-corrected chi connectivity index (χ2v) is 4.74. The number of nitrogens with zero attached hydrogens (tertiary/aromatic N) is 1. The summed E-state index contributed by atoms with van der Waals surface area (Å²) in [4.78, 5) is 17.0. The van der Waals surface area contributed by atoms with Gasteiger partial charge in [-0.15, -0.1) is 0 Å². The zero-order valence-corrected chi connectivity index (χ0v) is 10.2. The molecule has 0 bridgehead atoms. The minimum atomic E-state index is 0.0217. The number of nitrogens with one attached hydrogen (secondary N) is 2. The van der Waals surface area contributed by atoms with Crippen molar-refractivity contribution in [2.24, 2.45) is 0 Å². The van der Waals surface area contributed by atoms with Crippen LogP contribution in [0.1, 0.15) is 24.3 Å². The predicted octanol–water partition coefficient (Wildman–Crippen LogP) is 1.49. The Hall–Kier alpha value is -1.00. The van der Waals surface area contributed by atoms with E-state index in [9.17, 15) is 4.79 Å². The number of aromatic nitrogens is 1. The molecule has 1 aliphatic heterocycles. The van der Waals surface area contributed by atoms with E-state index in [0.717, 1.165) is 13.1 Å². The zero-order chi connectivity index (χ0) is 11.7. The summed E-state index contributed by atoms with van der Waals surface area (Å²) < 4.78 is 0. The first-order chi connectivity index (χ1) is 7.59. The van der Waals surface area contributed by atoms with Gasteiger partial charge in [0, 0.05) is 31.4 Å². The van der Waals surface area contributed by atoms with Crippen LogP contribution in [0, 0.1) is 0 Å². The largest absolute Gasteiger partial charge is 0.356 e. The summed E-state index contributed by atoms with van der Waals surface area (Å²) >= 11 is 5.80. The monoisotopic (exact) mass is 241 g/mol. The standard InChI is InChI=1S/C11H16ClN3O/c1-7-4-13-5-8(2)15(7)11(16)10-3-9(12)6-14-10/h3,6-8,13-14H,4-5H2,1-2H3. The molecule has 16 heavy (non-hydrogen) atoms. The lowest BCUT2D eigenvalue weighted by Crippen LogP contribution is -2.57. The maximum Gasteiger partial charge on any atom is 0.270 e. The minimum Gasteiger partial charge on any atom is -0.356 e. The zero-order valence-electron chi connectivity index (χ0n) is 9.46. The smallest absolute Gasteiger partial charge is 0.270 e. The van der Waals surface area contributed by atoms with Crippen molar-refractivity contribution in [1.29, 1.82) is 0 Å². The number of carbonyl (C=O) groups is 1. The van der Waals surface area contributed by atoms with E-state index >= 15 is 0 Å². The molecule has 1 aromatic heterocycles. The van der Waals surface area contributed by atoms with E-state index in [1.54, 1.807) is 12.3 Å².